The maximum Gasteiger partial charge on any atom is 0.359 e. The average molecular weight is 381 g/mol. The summed E-state index contributed by atoms with van der Waals surface area (Å²) >= 11 is 6.00. The van der Waals surface area contributed by atoms with Crippen molar-refractivity contribution in [2.24, 2.45) is 0 Å². The molecule has 0 saturated heterocycles. The third-order valence-corrected chi connectivity index (χ3v) is 4.08. The third-order valence-electron chi connectivity index (χ3n) is 3.82. The molecule has 0 saturated carbocycles. The Kier molecular flexibility index (Phi) is 5.29. The normalized spacial score (nSPS) is 11.3. The number of hydrogen-bond donors (Lipinski definition) is 0. The summed E-state index contributed by atoms with van der Waals surface area (Å²) < 4.78 is 5.44. The lowest BCUT2D eigenvalue weighted by atomic mass is 10.0. The fourth-order valence-electron chi connectivity index (χ4n) is 2.55. The number of ether oxygens (including phenoxy) is 1. The van der Waals surface area contributed by atoms with E-state index in [0.717, 1.165) is 16.7 Å². The predicted molar refractivity (Wildman–Crippen MR) is 108 cm³/mol. The molecular weight excluding hydrogens is 360 g/mol. The highest BCUT2D eigenvalue weighted by Crippen LogP contribution is 2.30. The van der Waals surface area contributed by atoms with Gasteiger partial charge in [-0.25, -0.2) is 9.78 Å². The first kappa shape index (κ1) is 19.1. The minimum atomic E-state index is -0.600. The maximum atomic E-state index is 12.4. The van der Waals surface area contributed by atoms with Gasteiger partial charge >= 0.3 is 5.97 Å². The van der Waals surface area contributed by atoms with Crippen LogP contribution in [0.3, 0.4) is 0 Å². The van der Waals surface area contributed by atoms with E-state index in [0.29, 0.717) is 16.4 Å². The fraction of sp³-hybridized carbons (Fsp3) is 0.227. The Hall–Kier alpha value is -2.72. The van der Waals surface area contributed by atoms with Crippen LogP contribution in [-0.2, 0) is 4.74 Å². The molecule has 138 valence electrons. The molecule has 0 aliphatic rings. The Balaban J connectivity index is 2.12. The number of hydrogen-bond acceptors (Lipinski definition) is 4. The number of halogens is 1. The molecule has 0 N–H and O–H groups in total. The van der Waals surface area contributed by atoms with Crippen molar-refractivity contribution in [3.05, 3.63) is 71.0 Å². The number of aromatic nitrogens is 2. The maximum absolute atomic E-state index is 12.4. The average Bonchev–Trinajstić information content (AvgIpc) is 2.61. The van der Waals surface area contributed by atoms with Gasteiger partial charge in [0.05, 0.1) is 17.6 Å². The van der Waals surface area contributed by atoms with Crippen molar-refractivity contribution in [3.63, 3.8) is 0 Å². The van der Waals surface area contributed by atoms with Gasteiger partial charge in [0, 0.05) is 16.1 Å². The molecule has 2 aromatic carbocycles. The lowest BCUT2D eigenvalue weighted by Crippen LogP contribution is -2.24. The fourth-order valence-corrected chi connectivity index (χ4v) is 2.68. The molecule has 27 heavy (non-hydrogen) atoms. The highest BCUT2D eigenvalue weighted by atomic mass is 35.5. The van der Waals surface area contributed by atoms with Crippen LogP contribution in [0.25, 0.3) is 22.5 Å². The molecule has 5 heteroatoms. The summed E-state index contributed by atoms with van der Waals surface area (Å²) in [5.41, 5.74) is 3.78. The van der Waals surface area contributed by atoms with E-state index in [1.807, 2.05) is 64.1 Å². The number of nitrogens with zero attached hydrogens (tertiary/aromatic N) is 2. The molecule has 0 aliphatic carbocycles. The van der Waals surface area contributed by atoms with Gasteiger partial charge in [-0.05, 0) is 39.8 Å². The zero-order valence-corrected chi connectivity index (χ0v) is 16.5. The largest absolute Gasteiger partial charge is 0.455 e. The van der Waals surface area contributed by atoms with E-state index < -0.39 is 11.6 Å². The van der Waals surface area contributed by atoms with Crippen molar-refractivity contribution in [1.29, 1.82) is 0 Å². The van der Waals surface area contributed by atoms with Crippen LogP contribution in [0.4, 0.5) is 0 Å². The van der Waals surface area contributed by atoms with Crippen molar-refractivity contribution in [2.75, 3.05) is 0 Å². The van der Waals surface area contributed by atoms with E-state index in [1.165, 1.54) is 6.20 Å². The molecule has 0 unspecified atom stereocenters. The summed E-state index contributed by atoms with van der Waals surface area (Å²) in [7, 11) is 0. The lowest BCUT2D eigenvalue weighted by molar-refractivity contribution is 0.00625. The monoisotopic (exact) mass is 380 g/mol. The zero-order chi connectivity index (χ0) is 19.6. The minimum absolute atomic E-state index is 0.179. The van der Waals surface area contributed by atoms with E-state index in [-0.39, 0.29) is 5.69 Å². The number of esters is 1. The number of carbonyl (C=O) groups is 1. The molecule has 3 rings (SSSR count). The third kappa shape index (κ3) is 4.72. The van der Waals surface area contributed by atoms with Crippen LogP contribution in [0.15, 0.2) is 54.7 Å². The predicted octanol–water partition coefficient (Wildman–Crippen LogP) is 5.73. The smallest absolute Gasteiger partial charge is 0.359 e. The number of carbonyl (C=O) groups excluding carboxylic acids is 1. The van der Waals surface area contributed by atoms with Crippen LogP contribution in [0.1, 0.15) is 36.8 Å². The first-order valence-corrected chi connectivity index (χ1v) is 9.04. The zero-order valence-electron chi connectivity index (χ0n) is 15.8. The standard InChI is InChI=1S/C22H21ClN2O2/c1-14-5-7-16(8-6-14)20-19(15-9-11-17(23)12-10-15)24-13-18(25-20)21(26)27-22(2,3)4/h5-13H,1-4H3. The molecule has 0 radical (unpaired) electrons. The van der Waals surface area contributed by atoms with Crippen molar-refractivity contribution in [3.8, 4) is 22.5 Å². The van der Waals surface area contributed by atoms with Gasteiger partial charge in [-0.3, -0.25) is 4.98 Å². The van der Waals surface area contributed by atoms with E-state index in [4.69, 9.17) is 16.3 Å². The molecule has 0 bridgehead atoms. The topological polar surface area (TPSA) is 52.1 Å². The van der Waals surface area contributed by atoms with Gasteiger partial charge < -0.3 is 4.74 Å². The van der Waals surface area contributed by atoms with Gasteiger partial charge in [-0.15, -0.1) is 0 Å². The molecule has 0 aliphatic heterocycles. The van der Waals surface area contributed by atoms with Gasteiger partial charge in [-0.1, -0.05) is 53.6 Å². The summed E-state index contributed by atoms with van der Waals surface area (Å²) in [6.45, 7) is 7.48. The first-order valence-electron chi connectivity index (χ1n) is 8.66. The molecule has 1 heterocycles. The molecule has 3 aromatic rings. The summed E-state index contributed by atoms with van der Waals surface area (Å²) in [6.07, 6.45) is 1.45. The Morgan fingerprint density at radius 3 is 2.07 bits per heavy atom. The van der Waals surface area contributed by atoms with Crippen LogP contribution in [0.5, 0.6) is 0 Å². The van der Waals surface area contributed by atoms with E-state index in [2.05, 4.69) is 9.97 Å². The second kappa shape index (κ2) is 7.49. The molecule has 0 spiro atoms. The first-order chi connectivity index (χ1) is 12.7. The Morgan fingerprint density at radius 1 is 0.926 bits per heavy atom. The Bertz CT molecular complexity index is 959. The highest BCUT2D eigenvalue weighted by Gasteiger charge is 2.21. The summed E-state index contributed by atoms with van der Waals surface area (Å²) in [4.78, 5) is 21.6. The van der Waals surface area contributed by atoms with Gasteiger partial charge in [0.15, 0.2) is 5.69 Å². The van der Waals surface area contributed by atoms with E-state index >= 15 is 0 Å². The van der Waals surface area contributed by atoms with Gasteiger partial charge in [-0.2, -0.15) is 0 Å². The molecular formula is C22H21ClN2O2. The molecule has 1 aromatic heterocycles. The van der Waals surface area contributed by atoms with Gasteiger partial charge in [0.2, 0.25) is 0 Å². The summed E-state index contributed by atoms with van der Waals surface area (Å²) in [5.74, 6) is -0.494. The second-order valence-electron chi connectivity index (χ2n) is 7.33. The van der Waals surface area contributed by atoms with Crippen LogP contribution in [-0.4, -0.2) is 21.5 Å². The van der Waals surface area contributed by atoms with Crippen molar-refractivity contribution in [1.82, 2.24) is 9.97 Å². The Labute approximate surface area is 164 Å². The van der Waals surface area contributed by atoms with E-state index in [1.54, 1.807) is 12.1 Å². The molecule has 0 atom stereocenters. The summed E-state index contributed by atoms with van der Waals surface area (Å²) in [5, 5.41) is 0.647. The van der Waals surface area contributed by atoms with Crippen molar-refractivity contribution >= 4 is 17.6 Å². The highest BCUT2D eigenvalue weighted by molar-refractivity contribution is 6.30. The van der Waals surface area contributed by atoms with E-state index in [9.17, 15) is 4.79 Å². The number of rotatable bonds is 3. The van der Waals surface area contributed by atoms with Gasteiger partial charge in [0.1, 0.15) is 5.60 Å². The minimum Gasteiger partial charge on any atom is -0.455 e. The quantitative estimate of drug-likeness (QED) is 0.544. The molecule has 0 fully saturated rings. The van der Waals surface area contributed by atoms with Crippen LogP contribution < -0.4 is 0 Å². The number of aryl methyl sites for hydroxylation is 1. The van der Waals surface area contributed by atoms with Crippen LogP contribution >= 0.6 is 11.6 Å². The lowest BCUT2D eigenvalue weighted by Gasteiger charge is -2.19. The van der Waals surface area contributed by atoms with Crippen LogP contribution in [0, 0.1) is 6.92 Å². The van der Waals surface area contributed by atoms with Gasteiger partial charge in [0.25, 0.3) is 0 Å². The van der Waals surface area contributed by atoms with Crippen molar-refractivity contribution in [2.45, 2.75) is 33.3 Å². The Morgan fingerprint density at radius 2 is 1.48 bits per heavy atom. The van der Waals surface area contributed by atoms with Crippen molar-refractivity contribution < 1.29 is 9.53 Å². The number of benzene rings is 2. The summed E-state index contributed by atoms with van der Waals surface area (Å²) in [6, 6.07) is 15.3. The second-order valence-corrected chi connectivity index (χ2v) is 7.76. The molecule has 0 amide bonds. The van der Waals surface area contributed by atoms with Crippen LogP contribution in [0.2, 0.25) is 5.02 Å². The SMILES string of the molecule is Cc1ccc(-c2nc(C(=O)OC(C)(C)C)cnc2-c2ccc(Cl)cc2)cc1. The molecule has 4 nitrogen and oxygen atoms in total.